The molecule has 0 atom stereocenters. The third kappa shape index (κ3) is 2.16. The molecule has 0 aliphatic heterocycles. The molecule has 0 aliphatic carbocycles. The highest BCUT2D eigenvalue weighted by atomic mass is 16.5. The van der Waals surface area contributed by atoms with E-state index in [1.807, 2.05) is 12.1 Å². The molecule has 0 fully saturated rings. The van der Waals surface area contributed by atoms with E-state index in [0.29, 0.717) is 0 Å². The van der Waals surface area contributed by atoms with Gasteiger partial charge in [-0.15, -0.1) is 0 Å². The Bertz CT molecular complexity index is 523. The zero-order valence-electron chi connectivity index (χ0n) is 10.7. The second-order valence-corrected chi connectivity index (χ2v) is 4.33. The molecule has 88 valence electrons. The number of methoxy groups -OCH3 is 1. The first-order valence-corrected chi connectivity index (χ1v) is 5.70. The van der Waals surface area contributed by atoms with Crippen molar-refractivity contribution in [2.24, 2.45) is 0 Å². The Morgan fingerprint density at radius 2 is 1.71 bits per heavy atom. The van der Waals surface area contributed by atoms with Crippen LogP contribution in [0.2, 0.25) is 0 Å². The van der Waals surface area contributed by atoms with Gasteiger partial charge in [-0.2, -0.15) is 0 Å². The van der Waals surface area contributed by atoms with Gasteiger partial charge in [-0.1, -0.05) is 17.7 Å². The maximum atomic E-state index is 5.38. The van der Waals surface area contributed by atoms with Crippen LogP contribution in [0.25, 0.3) is 11.3 Å². The van der Waals surface area contributed by atoms with Crippen molar-refractivity contribution < 1.29 is 4.74 Å². The molecular formula is C15H17NO. The van der Waals surface area contributed by atoms with E-state index < -0.39 is 0 Å². The van der Waals surface area contributed by atoms with Crippen LogP contribution in [0.3, 0.4) is 0 Å². The summed E-state index contributed by atoms with van der Waals surface area (Å²) >= 11 is 0. The summed E-state index contributed by atoms with van der Waals surface area (Å²) in [6.45, 7) is 6.34. The Hall–Kier alpha value is -1.83. The fourth-order valence-electron chi connectivity index (χ4n) is 2.30. The fraction of sp³-hybridized carbons (Fsp3) is 0.267. The maximum absolute atomic E-state index is 5.38. The summed E-state index contributed by atoms with van der Waals surface area (Å²) in [5.41, 5.74) is 5.84. The second-order valence-electron chi connectivity index (χ2n) is 4.33. The van der Waals surface area contributed by atoms with Crippen molar-refractivity contribution in [3.63, 3.8) is 0 Å². The molecule has 1 heterocycles. The van der Waals surface area contributed by atoms with Crippen LogP contribution in [0, 0.1) is 20.8 Å². The molecule has 2 nitrogen and oxygen atoms in total. The normalized spacial score (nSPS) is 10.4. The predicted molar refractivity (Wildman–Crippen MR) is 70.4 cm³/mol. The Morgan fingerprint density at radius 3 is 2.29 bits per heavy atom. The van der Waals surface area contributed by atoms with Gasteiger partial charge in [-0.25, -0.2) is 0 Å². The molecule has 0 amide bonds. The minimum atomic E-state index is 0.822. The summed E-state index contributed by atoms with van der Waals surface area (Å²) in [5, 5.41) is 0. The molecule has 0 N–H and O–H groups in total. The molecule has 17 heavy (non-hydrogen) atoms. The molecule has 0 saturated carbocycles. The highest BCUT2D eigenvalue weighted by Crippen LogP contribution is 2.32. The monoisotopic (exact) mass is 227 g/mol. The van der Waals surface area contributed by atoms with Gasteiger partial charge in [0.2, 0.25) is 0 Å². The maximum Gasteiger partial charge on any atom is 0.145 e. The number of hydrogen-bond acceptors (Lipinski definition) is 2. The zero-order valence-corrected chi connectivity index (χ0v) is 10.7. The summed E-state index contributed by atoms with van der Waals surface area (Å²) in [7, 11) is 1.68. The van der Waals surface area contributed by atoms with Gasteiger partial charge in [-0.05, 0) is 44.0 Å². The molecule has 2 rings (SSSR count). The Balaban J connectivity index is 2.68. The lowest BCUT2D eigenvalue weighted by Gasteiger charge is -2.13. The van der Waals surface area contributed by atoms with E-state index in [0.717, 1.165) is 11.4 Å². The van der Waals surface area contributed by atoms with Gasteiger partial charge in [0.15, 0.2) is 0 Å². The molecule has 0 unspecified atom stereocenters. The average Bonchev–Trinajstić information content (AvgIpc) is 2.28. The SMILES string of the molecule is COc1cccnc1-c1c(C)cc(C)cc1C. The Labute approximate surface area is 102 Å². The first kappa shape index (κ1) is 11.6. The molecule has 0 radical (unpaired) electrons. The first-order chi connectivity index (χ1) is 8.13. The number of aryl methyl sites for hydroxylation is 3. The lowest BCUT2D eigenvalue weighted by molar-refractivity contribution is 0.415. The quantitative estimate of drug-likeness (QED) is 0.780. The van der Waals surface area contributed by atoms with E-state index in [2.05, 4.69) is 37.9 Å². The summed E-state index contributed by atoms with van der Waals surface area (Å²) in [5.74, 6) is 0.822. The lowest BCUT2D eigenvalue weighted by atomic mass is 9.96. The van der Waals surface area contributed by atoms with Crippen molar-refractivity contribution in [1.82, 2.24) is 4.98 Å². The van der Waals surface area contributed by atoms with Crippen molar-refractivity contribution in [3.8, 4) is 17.0 Å². The molecule has 2 aromatic rings. The summed E-state index contributed by atoms with van der Waals surface area (Å²) in [6, 6.07) is 8.19. The van der Waals surface area contributed by atoms with Crippen LogP contribution in [-0.4, -0.2) is 12.1 Å². The summed E-state index contributed by atoms with van der Waals surface area (Å²) in [6.07, 6.45) is 1.80. The number of pyridine rings is 1. The second kappa shape index (κ2) is 4.58. The third-order valence-corrected chi connectivity index (χ3v) is 2.90. The van der Waals surface area contributed by atoms with Crippen LogP contribution in [0.4, 0.5) is 0 Å². The van der Waals surface area contributed by atoms with Crippen LogP contribution in [0.15, 0.2) is 30.5 Å². The van der Waals surface area contributed by atoms with Crippen LogP contribution in [-0.2, 0) is 0 Å². The molecular weight excluding hydrogens is 210 g/mol. The third-order valence-electron chi connectivity index (χ3n) is 2.90. The van der Waals surface area contributed by atoms with Gasteiger partial charge in [0, 0.05) is 11.8 Å². The number of nitrogens with zero attached hydrogens (tertiary/aromatic N) is 1. The van der Waals surface area contributed by atoms with Crippen LogP contribution in [0.5, 0.6) is 5.75 Å². The molecule has 0 bridgehead atoms. The number of aromatic nitrogens is 1. The first-order valence-electron chi connectivity index (χ1n) is 5.70. The number of ether oxygens (including phenoxy) is 1. The molecule has 1 aromatic heterocycles. The van der Waals surface area contributed by atoms with Crippen LogP contribution >= 0.6 is 0 Å². The van der Waals surface area contributed by atoms with Crippen molar-refractivity contribution in [2.75, 3.05) is 7.11 Å². The highest BCUT2D eigenvalue weighted by Gasteiger charge is 2.12. The largest absolute Gasteiger partial charge is 0.494 e. The number of benzene rings is 1. The van der Waals surface area contributed by atoms with Crippen molar-refractivity contribution >= 4 is 0 Å². The highest BCUT2D eigenvalue weighted by molar-refractivity contribution is 5.73. The van der Waals surface area contributed by atoms with Crippen molar-refractivity contribution in [1.29, 1.82) is 0 Å². The van der Waals surface area contributed by atoms with Gasteiger partial charge in [-0.3, -0.25) is 4.98 Å². The smallest absolute Gasteiger partial charge is 0.145 e. The van der Waals surface area contributed by atoms with Gasteiger partial charge in [0.25, 0.3) is 0 Å². The molecule has 1 aromatic carbocycles. The minimum Gasteiger partial charge on any atom is -0.494 e. The van der Waals surface area contributed by atoms with Crippen LogP contribution < -0.4 is 4.74 Å². The van der Waals surface area contributed by atoms with Crippen molar-refractivity contribution in [3.05, 3.63) is 47.2 Å². The van der Waals surface area contributed by atoms with E-state index in [9.17, 15) is 0 Å². The minimum absolute atomic E-state index is 0.822. The van der Waals surface area contributed by atoms with E-state index in [1.165, 1.54) is 22.3 Å². The molecule has 0 aliphatic rings. The Kier molecular flexibility index (Phi) is 3.14. The number of rotatable bonds is 2. The summed E-state index contributed by atoms with van der Waals surface area (Å²) < 4.78 is 5.38. The molecule has 0 spiro atoms. The topological polar surface area (TPSA) is 22.1 Å². The standard InChI is InChI=1S/C15H17NO/c1-10-8-11(2)14(12(3)9-10)15-13(17-4)6-5-7-16-15/h5-9H,1-4H3. The van der Waals surface area contributed by atoms with E-state index in [4.69, 9.17) is 4.74 Å². The van der Waals surface area contributed by atoms with Gasteiger partial charge < -0.3 is 4.74 Å². The predicted octanol–water partition coefficient (Wildman–Crippen LogP) is 3.68. The zero-order chi connectivity index (χ0) is 12.4. The number of hydrogen-bond donors (Lipinski definition) is 0. The molecule has 2 heteroatoms. The van der Waals surface area contributed by atoms with E-state index in [1.54, 1.807) is 13.3 Å². The van der Waals surface area contributed by atoms with Crippen LogP contribution in [0.1, 0.15) is 16.7 Å². The lowest BCUT2D eigenvalue weighted by Crippen LogP contribution is -1.95. The van der Waals surface area contributed by atoms with Gasteiger partial charge >= 0.3 is 0 Å². The fourth-order valence-corrected chi connectivity index (χ4v) is 2.30. The molecule has 0 saturated heterocycles. The van der Waals surface area contributed by atoms with E-state index >= 15 is 0 Å². The summed E-state index contributed by atoms with van der Waals surface area (Å²) in [4.78, 5) is 4.45. The Morgan fingerprint density at radius 1 is 1.06 bits per heavy atom. The van der Waals surface area contributed by atoms with Crippen molar-refractivity contribution in [2.45, 2.75) is 20.8 Å². The van der Waals surface area contributed by atoms with E-state index in [-0.39, 0.29) is 0 Å². The van der Waals surface area contributed by atoms with Gasteiger partial charge in [0.05, 0.1) is 7.11 Å². The van der Waals surface area contributed by atoms with Gasteiger partial charge in [0.1, 0.15) is 11.4 Å². The average molecular weight is 227 g/mol.